The van der Waals surface area contributed by atoms with Gasteiger partial charge < -0.3 is 0 Å². The number of fused-ring (bicyclic) bond motifs is 4. The third-order valence-electron chi connectivity index (χ3n) is 5.29. The largest absolute Gasteiger partial charge is 0.248 e. The van der Waals surface area contributed by atoms with Gasteiger partial charge in [0.25, 0.3) is 0 Å². The molecule has 0 fully saturated rings. The molecule has 129 valence electrons. The molecule has 0 saturated carbocycles. The quantitative estimate of drug-likeness (QED) is 0.312. The number of rotatable bonds is 1. The average Bonchev–Trinajstić information content (AvgIpc) is 2.75. The van der Waals surface area contributed by atoms with Crippen LogP contribution in [0.4, 0.5) is 0 Å². The highest BCUT2D eigenvalue weighted by atomic mass is 14.7. The van der Waals surface area contributed by atoms with E-state index in [1.54, 1.807) is 0 Å². The molecule has 0 N–H and O–H groups in total. The molecule has 2 aromatic heterocycles. The predicted octanol–water partition coefficient (Wildman–Crippen LogP) is 6.56. The summed E-state index contributed by atoms with van der Waals surface area (Å²) in [5.74, 6) is 0. The molecule has 28 heavy (non-hydrogen) atoms. The monoisotopic (exact) mass is 355 g/mol. The Kier molecular flexibility index (Phi) is 3.20. The van der Waals surface area contributed by atoms with Gasteiger partial charge in [-0.3, -0.25) is 0 Å². The van der Waals surface area contributed by atoms with Crippen LogP contribution in [0.5, 0.6) is 0 Å². The Morgan fingerprint density at radius 2 is 1.25 bits per heavy atom. The molecule has 0 unspecified atom stereocenters. The Balaban J connectivity index is 1.72. The number of aromatic nitrogens is 2. The van der Waals surface area contributed by atoms with Crippen LogP contribution >= 0.6 is 0 Å². The molecule has 0 bridgehead atoms. The minimum atomic E-state index is 0.964. The molecule has 2 heteroatoms. The highest BCUT2D eigenvalue weighted by Crippen LogP contribution is 2.34. The van der Waals surface area contributed by atoms with Crippen molar-refractivity contribution in [1.82, 2.24) is 9.97 Å². The first-order valence-electron chi connectivity index (χ1n) is 9.36. The minimum absolute atomic E-state index is 0.964. The number of hydrogen-bond donors (Lipinski definition) is 0. The topological polar surface area (TPSA) is 25.8 Å². The summed E-state index contributed by atoms with van der Waals surface area (Å²) in [6, 6.07) is 34.8. The molecule has 0 aliphatic carbocycles. The van der Waals surface area contributed by atoms with Gasteiger partial charge in [-0.25, -0.2) is 9.97 Å². The third-order valence-corrected chi connectivity index (χ3v) is 5.29. The normalized spacial score (nSPS) is 11.6. The molecule has 2 heterocycles. The van der Waals surface area contributed by atoms with Crippen LogP contribution in [0.3, 0.4) is 0 Å². The van der Waals surface area contributed by atoms with E-state index in [4.69, 9.17) is 9.97 Å². The molecule has 0 amide bonds. The Morgan fingerprint density at radius 3 is 2.21 bits per heavy atom. The van der Waals surface area contributed by atoms with E-state index in [1.807, 2.05) is 24.3 Å². The SMILES string of the molecule is [c]1c2ccccc2nc2c(-c3cccc4nc5ccccc5cc34)cccc12. The predicted molar refractivity (Wildman–Crippen MR) is 116 cm³/mol. The van der Waals surface area contributed by atoms with Gasteiger partial charge in [0.1, 0.15) is 0 Å². The van der Waals surface area contributed by atoms with Gasteiger partial charge in [-0.05, 0) is 29.8 Å². The molecule has 1 radical (unpaired) electrons. The van der Waals surface area contributed by atoms with Gasteiger partial charge in [0, 0.05) is 33.2 Å². The van der Waals surface area contributed by atoms with Crippen molar-refractivity contribution in [2.45, 2.75) is 0 Å². The maximum Gasteiger partial charge on any atom is 0.0794 e. The van der Waals surface area contributed by atoms with E-state index in [9.17, 15) is 0 Å². The zero-order valence-corrected chi connectivity index (χ0v) is 15.1. The minimum Gasteiger partial charge on any atom is -0.248 e. The maximum atomic E-state index is 4.97. The van der Waals surface area contributed by atoms with Crippen molar-refractivity contribution >= 4 is 43.6 Å². The van der Waals surface area contributed by atoms with Gasteiger partial charge in [-0.2, -0.15) is 0 Å². The molecule has 0 aliphatic heterocycles. The lowest BCUT2D eigenvalue weighted by molar-refractivity contribution is 1.48. The summed E-state index contributed by atoms with van der Waals surface area (Å²) < 4.78 is 0. The van der Waals surface area contributed by atoms with Crippen molar-refractivity contribution in [3.8, 4) is 11.1 Å². The van der Waals surface area contributed by atoms with Crippen molar-refractivity contribution < 1.29 is 0 Å². The first-order chi connectivity index (χ1) is 13.9. The number of hydrogen-bond acceptors (Lipinski definition) is 2. The maximum absolute atomic E-state index is 4.97. The van der Waals surface area contributed by atoms with E-state index in [0.717, 1.165) is 54.7 Å². The molecule has 2 nitrogen and oxygen atoms in total. The average molecular weight is 355 g/mol. The van der Waals surface area contributed by atoms with Gasteiger partial charge in [0.15, 0.2) is 0 Å². The third kappa shape index (κ3) is 2.28. The Bertz CT molecular complexity index is 1400. The second kappa shape index (κ2) is 5.86. The lowest BCUT2D eigenvalue weighted by Gasteiger charge is -2.11. The summed E-state index contributed by atoms with van der Waals surface area (Å²) in [5, 5.41) is 4.36. The van der Waals surface area contributed by atoms with Crippen LogP contribution < -0.4 is 0 Å². The summed E-state index contributed by atoms with van der Waals surface area (Å²) in [6.45, 7) is 0. The standard InChI is InChI=1S/C26H15N2/c1-4-13-24-17(7-1)15-19-9-5-11-21(26(19)28-24)20-10-6-14-25-22(20)16-18-8-2-3-12-23(18)27-25/h1-14,16H. The number of para-hydroxylation sites is 3. The van der Waals surface area contributed by atoms with Crippen LogP contribution in [0, 0.1) is 6.07 Å². The van der Waals surface area contributed by atoms with Crippen LogP contribution in [-0.2, 0) is 0 Å². The number of benzene rings is 4. The van der Waals surface area contributed by atoms with Crippen molar-refractivity contribution in [3.63, 3.8) is 0 Å². The van der Waals surface area contributed by atoms with E-state index in [-0.39, 0.29) is 0 Å². The Hall–Kier alpha value is -3.78. The van der Waals surface area contributed by atoms with Gasteiger partial charge in [0.2, 0.25) is 0 Å². The van der Waals surface area contributed by atoms with Gasteiger partial charge in [-0.15, -0.1) is 0 Å². The highest BCUT2D eigenvalue weighted by Gasteiger charge is 2.11. The fourth-order valence-corrected chi connectivity index (χ4v) is 3.96. The first-order valence-corrected chi connectivity index (χ1v) is 9.36. The van der Waals surface area contributed by atoms with Crippen LogP contribution in [0.25, 0.3) is 54.7 Å². The van der Waals surface area contributed by atoms with Crippen LogP contribution in [0.1, 0.15) is 0 Å². The molecule has 6 rings (SSSR count). The highest BCUT2D eigenvalue weighted by molar-refractivity contribution is 6.07. The summed E-state index contributed by atoms with van der Waals surface area (Å²) in [7, 11) is 0. The zero-order chi connectivity index (χ0) is 18.5. The van der Waals surface area contributed by atoms with Gasteiger partial charge in [-0.1, -0.05) is 66.7 Å². The molecular weight excluding hydrogens is 340 g/mol. The van der Waals surface area contributed by atoms with Crippen molar-refractivity contribution in [1.29, 1.82) is 0 Å². The smallest absolute Gasteiger partial charge is 0.0794 e. The molecule has 4 aromatic carbocycles. The summed E-state index contributed by atoms with van der Waals surface area (Å²) >= 11 is 0. The molecular formula is C26H15N2. The van der Waals surface area contributed by atoms with Crippen LogP contribution in [0.15, 0.2) is 91.0 Å². The molecule has 6 aromatic rings. The number of nitrogens with zero attached hydrogens (tertiary/aromatic N) is 2. The molecule has 0 aliphatic rings. The van der Waals surface area contributed by atoms with Crippen molar-refractivity contribution in [2.24, 2.45) is 0 Å². The van der Waals surface area contributed by atoms with E-state index in [2.05, 4.69) is 72.8 Å². The van der Waals surface area contributed by atoms with Crippen LogP contribution in [0.2, 0.25) is 0 Å². The van der Waals surface area contributed by atoms with Crippen LogP contribution in [-0.4, -0.2) is 9.97 Å². The summed E-state index contributed by atoms with van der Waals surface area (Å²) in [5.41, 5.74) is 6.22. The van der Waals surface area contributed by atoms with E-state index >= 15 is 0 Å². The second-order valence-electron chi connectivity index (χ2n) is 7.01. The fraction of sp³-hybridized carbons (Fsp3) is 0. The van der Waals surface area contributed by atoms with Gasteiger partial charge >= 0.3 is 0 Å². The molecule has 0 saturated heterocycles. The second-order valence-corrected chi connectivity index (χ2v) is 7.01. The van der Waals surface area contributed by atoms with E-state index in [0.29, 0.717) is 0 Å². The first kappa shape index (κ1) is 15.3. The fourth-order valence-electron chi connectivity index (χ4n) is 3.96. The van der Waals surface area contributed by atoms with Crippen molar-refractivity contribution in [3.05, 3.63) is 97.1 Å². The molecule has 0 spiro atoms. The summed E-state index contributed by atoms with van der Waals surface area (Å²) in [4.78, 5) is 9.84. The lowest BCUT2D eigenvalue weighted by atomic mass is 9.96. The Morgan fingerprint density at radius 1 is 0.536 bits per heavy atom. The lowest BCUT2D eigenvalue weighted by Crippen LogP contribution is -1.90. The number of pyridine rings is 2. The summed E-state index contributed by atoms with van der Waals surface area (Å²) in [6.07, 6.45) is 0. The van der Waals surface area contributed by atoms with E-state index < -0.39 is 0 Å². The van der Waals surface area contributed by atoms with E-state index in [1.165, 1.54) is 0 Å². The molecule has 0 atom stereocenters. The Labute approximate surface area is 162 Å². The zero-order valence-electron chi connectivity index (χ0n) is 15.1. The van der Waals surface area contributed by atoms with Crippen molar-refractivity contribution in [2.75, 3.05) is 0 Å². The van der Waals surface area contributed by atoms with Gasteiger partial charge in [0.05, 0.1) is 22.1 Å².